The molecule has 0 aromatic carbocycles. The topological polar surface area (TPSA) is 42.1 Å². The van der Waals surface area contributed by atoms with Crippen LogP contribution in [0.3, 0.4) is 0 Å². The fourth-order valence-electron chi connectivity index (χ4n) is 2.30. The predicted molar refractivity (Wildman–Crippen MR) is 46.4 cm³/mol. The number of aromatic nitrogens is 1. The molecule has 68 valence electrons. The number of rotatable bonds is 2. The Balaban J connectivity index is 1.78. The van der Waals surface area contributed by atoms with E-state index >= 15 is 0 Å². The van der Waals surface area contributed by atoms with Gasteiger partial charge in [0, 0.05) is 23.9 Å². The van der Waals surface area contributed by atoms with Gasteiger partial charge in [-0.2, -0.15) is 0 Å². The summed E-state index contributed by atoms with van der Waals surface area (Å²) in [7, 11) is 0. The summed E-state index contributed by atoms with van der Waals surface area (Å²) in [6, 6.07) is 1.84. The quantitative estimate of drug-likeness (QED) is 0.687. The summed E-state index contributed by atoms with van der Waals surface area (Å²) in [6.07, 6.45) is 3.57. The second-order valence-corrected chi connectivity index (χ2v) is 3.85. The number of ketones is 1. The number of carbonyl (C=O) groups is 1. The standard InChI is InChI=1S/C10H11NO2/c12-10(6-1-2-11-3-6)9-7-4-13-5-8(7)9/h1-3,7-9,11H,4-5H2. The van der Waals surface area contributed by atoms with Crippen molar-refractivity contribution in [3.63, 3.8) is 0 Å². The first kappa shape index (κ1) is 7.33. The SMILES string of the molecule is O=C(c1cc[nH]c1)C1C2COCC21. The second kappa shape index (κ2) is 2.45. The Hall–Kier alpha value is -1.09. The van der Waals surface area contributed by atoms with Crippen molar-refractivity contribution in [1.29, 1.82) is 0 Å². The van der Waals surface area contributed by atoms with Crippen molar-refractivity contribution in [2.45, 2.75) is 0 Å². The fourth-order valence-corrected chi connectivity index (χ4v) is 2.30. The Kier molecular flexibility index (Phi) is 1.38. The van der Waals surface area contributed by atoms with Gasteiger partial charge in [-0.05, 0) is 17.9 Å². The number of nitrogens with one attached hydrogen (secondary N) is 1. The summed E-state index contributed by atoms with van der Waals surface area (Å²) in [5, 5.41) is 0. The van der Waals surface area contributed by atoms with Gasteiger partial charge in [-0.3, -0.25) is 4.79 Å². The number of hydrogen-bond donors (Lipinski definition) is 1. The van der Waals surface area contributed by atoms with Gasteiger partial charge in [0.05, 0.1) is 13.2 Å². The Morgan fingerprint density at radius 3 is 2.85 bits per heavy atom. The van der Waals surface area contributed by atoms with E-state index in [-0.39, 0.29) is 5.92 Å². The van der Waals surface area contributed by atoms with Gasteiger partial charge in [-0.25, -0.2) is 0 Å². The molecule has 1 aliphatic carbocycles. The molecule has 0 radical (unpaired) electrons. The predicted octanol–water partition coefficient (Wildman–Crippen LogP) is 1.09. The number of fused-ring (bicyclic) bond motifs is 1. The molecule has 2 atom stereocenters. The number of Topliss-reactive ketones (excluding diaryl/α,β-unsaturated/α-hetero) is 1. The highest BCUT2D eigenvalue weighted by Crippen LogP contribution is 2.52. The zero-order chi connectivity index (χ0) is 8.84. The summed E-state index contributed by atoms with van der Waals surface area (Å²) in [6.45, 7) is 1.57. The summed E-state index contributed by atoms with van der Waals surface area (Å²) >= 11 is 0. The maximum absolute atomic E-state index is 11.8. The molecule has 1 saturated heterocycles. The molecule has 3 nitrogen and oxygen atoms in total. The normalized spacial score (nSPS) is 35.8. The van der Waals surface area contributed by atoms with Gasteiger partial charge in [-0.15, -0.1) is 0 Å². The maximum atomic E-state index is 11.8. The first-order chi connectivity index (χ1) is 6.38. The Morgan fingerprint density at radius 1 is 1.46 bits per heavy atom. The molecule has 0 spiro atoms. The van der Waals surface area contributed by atoms with E-state index in [1.807, 2.05) is 6.07 Å². The van der Waals surface area contributed by atoms with Crippen LogP contribution in [-0.2, 0) is 4.74 Å². The average molecular weight is 177 g/mol. The molecule has 1 aromatic rings. The Morgan fingerprint density at radius 2 is 2.23 bits per heavy atom. The molecule has 1 saturated carbocycles. The van der Waals surface area contributed by atoms with Crippen molar-refractivity contribution < 1.29 is 9.53 Å². The molecular weight excluding hydrogens is 166 g/mol. The van der Waals surface area contributed by atoms with Gasteiger partial charge < -0.3 is 9.72 Å². The van der Waals surface area contributed by atoms with Crippen LogP contribution in [0.15, 0.2) is 18.5 Å². The highest BCUT2D eigenvalue weighted by atomic mass is 16.5. The van der Waals surface area contributed by atoms with Crippen molar-refractivity contribution >= 4 is 5.78 Å². The molecule has 0 bridgehead atoms. The molecule has 0 amide bonds. The minimum absolute atomic E-state index is 0.254. The largest absolute Gasteiger partial charge is 0.381 e. The van der Waals surface area contributed by atoms with Gasteiger partial charge in [0.1, 0.15) is 0 Å². The number of ether oxygens (including phenoxy) is 1. The van der Waals surface area contributed by atoms with E-state index in [0.29, 0.717) is 17.6 Å². The van der Waals surface area contributed by atoms with Crippen LogP contribution in [0.5, 0.6) is 0 Å². The summed E-state index contributed by atoms with van der Waals surface area (Å²) in [4.78, 5) is 14.7. The minimum Gasteiger partial charge on any atom is -0.381 e. The lowest BCUT2D eigenvalue weighted by molar-refractivity contribution is 0.0893. The van der Waals surface area contributed by atoms with Gasteiger partial charge in [0.15, 0.2) is 5.78 Å². The van der Waals surface area contributed by atoms with E-state index < -0.39 is 0 Å². The number of carbonyl (C=O) groups excluding carboxylic acids is 1. The van der Waals surface area contributed by atoms with Gasteiger partial charge >= 0.3 is 0 Å². The molecule has 1 aliphatic heterocycles. The van der Waals surface area contributed by atoms with Crippen LogP contribution < -0.4 is 0 Å². The van der Waals surface area contributed by atoms with Crippen molar-refractivity contribution in [3.05, 3.63) is 24.0 Å². The Labute approximate surface area is 76.1 Å². The van der Waals surface area contributed by atoms with Crippen LogP contribution >= 0.6 is 0 Å². The van der Waals surface area contributed by atoms with Gasteiger partial charge in [-0.1, -0.05) is 0 Å². The monoisotopic (exact) mass is 177 g/mol. The van der Waals surface area contributed by atoms with E-state index in [1.165, 1.54) is 0 Å². The van der Waals surface area contributed by atoms with Crippen LogP contribution in [0.2, 0.25) is 0 Å². The highest BCUT2D eigenvalue weighted by molar-refractivity contribution is 6.00. The van der Waals surface area contributed by atoms with Crippen molar-refractivity contribution in [1.82, 2.24) is 4.98 Å². The molecule has 3 heteroatoms. The molecule has 2 unspecified atom stereocenters. The molecule has 2 fully saturated rings. The van der Waals surface area contributed by atoms with Gasteiger partial charge in [0.2, 0.25) is 0 Å². The first-order valence-electron chi connectivity index (χ1n) is 4.62. The number of hydrogen-bond acceptors (Lipinski definition) is 2. The second-order valence-electron chi connectivity index (χ2n) is 3.85. The van der Waals surface area contributed by atoms with Crippen molar-refractivity contribution in [2.24, 2.45) is 17.8 Å². The summed E-state index contributed by atoms with van der Waals surface area (Å²) < 4.78 is 5.24. The zero-order valence-corrected chi connectivity index (χ0v) is 7.19. The molecule has 3 rings (SSSR count). The van der Waals surface area contributed by atoms with E-state index in [0.717, 1.165) is 18.8 Å². The van der Waals surface area contributed by atoms with Crippen molar-refractivity contribution in [2.75, 3.05) is 13.2 Å². The maximum Gasteiger partial charge on any atom is 0.168 e. The van der Waals surface area contributed by atoms with E-state index in [4.69, 9.17) is 4.74 Å². The van der Waals surface area contributed by atoms with Crippen LogP contribution in [0, 0.1) is 17.8 Å². The van der Waals surface area contributed by atoms with Crippen LogP contribution in [0.4, 0.5) is 0 Å². The smallest absolute Gasteiger partial charge is 0.168 e. The lowest BCUT2D eigenvalue weighted by Gasteiger charge is -2.00. The third-order valence-electron chi connectivity index (χ3n) is 3.14. The summed E-state index contributed by atoms with van der Waals surface area (Å²) in [5.74, 6) is 1.58. The molecular formula is C10H11NO2. The lowest BCUT2D eigenvalue weighted by Crippen LogP contribution is -2.08. The Bertz CT molecular complexity index is 321. The highest BCUT2D eigenvalue weighted by Gasteiger charge is 2.57. The molecule has 1 aromatic heterocycles. The molecule has 2 aliphatic rings. The fraction of sp³-hybridized carbons (Fsp3) is 0.500. The molecule has 2 heterocycles. The van der Waals surface area contributed by atoms with Crippen LogP contribution in [0.25, 0.3) is 0 Å². The van der Waals surface area contributed by atoms with Crippen LogP contribution in [0.1, 0.15) is 10.4 Å². The summed E-state index contributed by atoms with van der Waals surface area (Å²) in [5.41, 5.74) is 0.819. The van der Waals surface area contributed by atoms with E-state index in [9.17, 15) is 4.79 Å². The molecule has 13 heavy (non-hydrogen) atoms. The first-order valence-corrected chi connectivity index (χ1v) is 4.62. The third-order valence-corrected chi connectivity index (χ3v) is 3.14. The lowest BCUT2D eigenvalue weighted by atomic mass is 10.1. The van der Waals surface area contributed by atoms with Gasteiger partial charge in [0.25, 0.3) is 0 Å². The van der Waals surface area contributed by atoms with E-state index in [2.05, 4.69) is 4.98 Å². The van der Waals surface area contributed by atoms with Crippen molar-refractivity contribution in [3.8, 4) is 0 Å². The van der Waals surface area contributed by atoms with E-state index in [1.54, 1.807) is 12.4 Å². The third kappa shape index (κ3) is 0.968. The molecule has 1 N–H and O–H groups in total. The minimum atomic E-state index is 0.254. The number of H-pyrrole nitrogens is 1. The van der Waals surface area contributed by atoms with Crippen LogP contribution in [-0.4, -0.2) is 24.0 Å². The average Bonchev–Trinajstić information content (AvgIpc) is 2.68. The zero-order valence-electron chi connectivity index (χ0n) is 7.19. The number of aromatic amines is 1.